The molecule has 1 aliphatic heterocycles. The third kappa shape index (κ3) is 3.99. The molecule has 1 aliphatic rings. The van der Waals surface area contributed by atoms with Crippen molar-refractivity contribution in [1.82, 2.24) is 4.31 Å². The van der Waals surface area contributed by atoms with Crippen molar-refractivity contribution in [3.8, 4) is 5.75 Å². The molecular weight excluding hydrogens is 476 g/mol. The van der Waals surface area contributed by atoms with E-state index in [9.17, 15) is 28.1 Å². The molecule has 180 valence electrons. The summed E-state index contributed by atoms with van der Waals surface area (Å²) in [5, 5.41) is 11.6. The van der Waals surface area contributed by atoms with Crippen molar-refractivity contribution in [3.63, 3.8) is 0 Å². The molecule has 35 heavy (non-hydrogen) atoms. The molecule has 0 fully saturated rings. The van der Waals surface area contributed by atoms with Crippen molar-refractivity contribution in [2.75, 3.05) is 14.2 Å². The van der Waals surface area contributed by atoms with Gasteiger partial charge in [0.2, 0.25) is 0 Å². The van der Waals surface area contributed by atoms with Gasteiger partial charge >= 0.3 is 5.97 Å². The van der Waals surface area contributed by atoms with Crippen LogP contribution in [0.15, 0.2) is 77.7 Å². The molecular formula is C24H20N2O8S. The van der Waals surface area contributed by atoms with Gasteiger partial charge in [-0.2, -0.15) is 0 Å². The summed E-state index contributed by atoms with van der Waals surface area (Å²) in [5.74, 6) is -2.44. The Labute approximate surface area is 200 Å². The minimum atomic E-state index is -4.81. The number of carbonyl (C=O) groups excluding carboxylic acids is 2. The lowest BCUT2D eigenvalue weighted by Gasteiger charge is -2.40. The molecule has 0 radical (unpaired) electrons. The maximum Gasteiger partial charge on any atom is 0.315 e. The van der Waals surface area contributed by atoms with E-state index in [1.807, 2.05) is 0 Å². The molecule has 10 nitrogen and oxygen atoms in total. The van der Waals surface area contributed by atoms with E-state index in [0.717, 1.165) is 19.2 Å². The number of amides is 1. The molecule has 1 heterocycles. The third-order valence-electron chi connectivity index (χ3n) is 5.81. The van der Waals surface area contributed by atoms with Crippen LogP contribution in [0.4, 0.5) is 5.69 Å². The van der Waals surface area contributed by atoms with E-state index in [4.69, 9.17) is 9.47 Å². The first-order chi connectivity index (χ1) is 16.7. The standard InChI is InChI=1S/C24H20N2O8S/c1-33-16-13-11-15(12-14-16)22-21(24(28)34-2)17-7-3-4-8-18(17)23(27)25(22)35(31,32)20-10-6-5-9-19(20)26(29)30/h3-14,21-22H,1-2H3/t21-,22+/m1/s1. The Morgan fingerprint density at radius 1 is 0.971 bits per heavy atom. The Bertz CT molecular complexity index is 1420. The van der Waals surface area contributed by atoms with Crippen molar-refractivity contribution in [2.24, 2.45) is 0 Å². The van der Waals surface area contributed by atoms with Crippen LogP contribution in [0.1, 0.15) is 33.4 Å². The number of nitro benzene ring substituents is 1. The van der Waals surface area contributed by atoms with Crippen LogP contribution in [0.25, 0.3) is 0 Å². The number of hydrogen-bond donors (Lipinski definition) is 0. The molecule has 2 atom stereocenters. The monoisotopic (exact) mass is 496 g/mol. The summed E-state index contributed by atoms with van der Waals surface area (Å²) in [6.45, 7) is 0. The number of ether oxygens (including phenoxy) is 2. The highest BCUT2D eigenvalue weighted by atomic mass is 32.2. The fourth-order valence-corrected chi connectivity index (χ4v) is 5.94. The molecule has 0 spiro atoms. The molecule has 0 aromatic heterocycles. The summed E-state index contributed by atoms with van der Waals surface area (Å²) >= 11 is 0. The van der Waals surface area contributed by atoms with Gasteiger partial charge in [0.15, 0.2) is 4.90 Å². The minimum Gasteiger partial charge on any atom is -0.497 e. The first kappa shape index (κ1) is 23.9. The number of hydrogen-bond acceptors (Lipinski definition) is 8. The third-order valence-corrected chi connectivity index (χ3v) is 7.62. The summed E-state index contributed by atoms with van der Waals surface area (Å²) in [7, 11) is -2.20. The summed E-state index contributed by atoms with van der Waals surface area (Å²) in [4.78, 5) is 36.8. The number of methoxy groups -OCH3 is 2. The Balaban J connectivity index is 2.03. The van der Waals surface area contributed by atoms with Crippen LogP contribution < -0.4 is 4.74 Å². The normalized spacial score (nSPS) is 17.4. The molecule has 3 aromatic carbocycles. The highest BCUT2D eigenvalue weighted by Gasteiger charge is 2.51. The lowest BCUT2D eigenvalue weighted by molar-refractivity contribution is -0.387. The molecule has 0 saturated heterocycles. The van der Waals surface area contributed by atoms with Gasteiger partial charge in [-0.3, -0.25) is 19.7 Å². The van der Waals surface area contributed by atoms with Gasteiger partial charge in [0.1, 0.15) is 11.7 Å². The number of nitrogens with zero attached hydrogens (tertiary/aromatic N) is 2. The number of benzene rings is 3. The van der Waals surface area contributed by atoms with Crippen LogP contribution in [0, 0.1) is 10.1 Å². The summed E-state index contributed by atoms with van der Waals surface area (Å²) in [5.41, 5.74) is -0.123. The van der Waals surface area contributed by atoms with Gasteiger partial charge in [0, 0.05) is 11.6 Å². The van der Waals surface area contributed by atoms with Crippen molar-refractivity contribution in [3.05, 3.63) is 99.6 Å². The highest BCUT2D eigenvalue weighted by molar-refractivity contribution is 7.89. The lowest BCUT2D eigenvalue weighted by Crippen LogP contribution is -2.48. The van der Waals surface area contributed by atoms with Gasteiger partial charge < -0.3 is 9.47 Å². The van der Waals surface area contributed by atoms with Gasteiger partial charge in [-0.05, 0) is 35.4 Å². The number of carbonyl (C=O) groups is 2. The fraction of sp³-hybridized carbons (Fsp3) is 0.167. The zero-order valence-electron chi connectivity index (χ0n) is 18.7. The molecule has 1 amide bonds. The Hall–Kier alpha value is -4.25. The fourth-order valence-electron chi connectivity index (χ4n) is 4.22. The van der Waals surface area contributed by atoms with Crippen LogP contribution in [0.2, 0.25) is 0 Å². The number of para-hydroxylation sites is 1. The molecule has 0 bridgehead atoms. The second-order valence-corrected chi connectivity index (χ2v) is 9.42. The summed E-state index contributed by atoms with van der Waals surface area (Å²) < 4.78 is 38.6. The number of fused-ring (bicyclic) bond motifs is 1. The summed E-state index contributed by atoms with van der Waals surface area (Å²) in [6.07, 6.45) is 0. The molecule has 4 rings (SSSR count). The van der Waals surface area contributed by atoms with Crippen LogP contribution in [0.5, 0.6) is 5.75 Å². The number of nitro groups is 1. The largest absolute Gasteiger partial charge is 0.497 e. The van der Waals surface area contributed by atoms with Gasteiger partial charge in [-0.1, -0.05) is 42.5 Å². The van der Waals surface area contributed by atoms with Crippen LogP contribution in [0.3, 0.4) is 0 Å². The topological polar surface area (TPSA) is 133 Å². The maximum atomic E-state index is 13.9. The van der Waals surface area contributed by atoms with E-state index >= 15 is 0 Å². The van der Waals surface area contributed by atoms with Gasteiger partial charge in [0.05, 0.1) is 25.2 Å². The predicted octanol–water partition coefficient (Wildman–Crippen LogP) is 3.45. The predicted molar refractivity (Wildman–Crippen MR) is 123 cm³/mol. The second-order valence-electron chi connectivity index (χ2n) is 7.64. The SMILES string of the molecule is COC(=O)[C@@H]1c2ccccc2C(=O)N(S(=O)(=O)c2ccccc2[N+](=O)[O-])[C@H]1c1ccc(OC)cc1. The van der Waals surface area contributed by atoms with E-state index in [-0.39, 0.29) is 5.56 Å². The van der Waals surface area contributed by atoms with Crippen molar-refractivity contribution in [2.45, 2.75) is 16.9 Å². The van der Waals surface area contributed by atoms with E-state index in [1.54, 1.807) is 24.3 Å². The zero-order chi connectivity index (χ0) is 25.3. The van der Waals surface area contributed by atoms with Crippen molar-refractivity contribution >= 4 is 27.6 Å². The number of esters is 1. The van der Waals surface area contributed by atoms with Gasteiger partial charge in [-0.25, -0.2) is 12.7 Å². The van der Waals surface area contributed by atoms with Gasteiger partial charge in [-0.15, -0.1) is 0 Å². The lowest BCUT2D eigenvalue weighted by atomic mass is 9.81. The van der Waals surface area contributed by atoms with Crippen LogP contribution in [-0.4, -0.2) is 43.7 Å². The van der Waals surface area contributed by atoms with Crippen LogP contribution in [-0.2, 0) is 19.6 Å². The molecule has 3 aromatic rings. The highest BCUT2D eigenvalue weighted by Crippen LogP contribution is 2.46. The minimum absolute atomic E-state index is 0.0187. The molecule has 0 N–H and O–H groups in total. The van der Waals surface area contributed by atoms with Crippen molar-refractivity contribution < 1.29 is 32.4 Å². The van der Waals surface area contributed by atoms with E-state index < -0.39 is 49.4 Å². The van der Waals surface area contributed by atoms with E-state index in [1.165, 1.54) is 43.5 Å². The number of rotatable bonds is 6. The van der Waals surface area contributed by atoms with E-state index in [0.29, 0.717) is 21.2 Å². The smallest absolute Gasteiger partial charge is 0.315 e. The maximum absolute atomic E-state index is 13.9. The Morgan fingerprint density at radius 2 is 1.60 bits per heavy atom. The quantitative estimate of drug-likeness (QED) is 0.288. The first-order valence-electron chi connectivity index (χ1n) is 10.3. The van der Waals surface area contributed by atoms with Crippen LogP contribution >= 0.6 is 0 Å². The van der Waals surface area contributed by atoms with Crippen molar-refractivity contribution in [1.29, 1.82) is 0 Å². The second kappa shape index (κ2) is 9.18. The molecule has 11 heteroatoms. The number of sulfonamides is 1. The summed E-state index contributed by atoms with van der Waals surface area (Å²) in [6, 6.07) is 15.7. The Kier molecular flexibility index (Phi) is 6.27. The zero-order valence-corrected chi connectivity index (χ0v) is 19.5. The molecule has 0 unspecified atom stereocenters. The first-order valence-corrected chi connectivity index (χ1v) is 11.8. The average Bonchev–Trinajstić information content (AvgIpc) is 2.88. The Morgan fingerprint density at radius 3 is 2.23 bits per heavy atom. The molecule has 0 saturated carbocycles. The van der Waals surface area contributed by atoms with Gasteiger partial charge in [0.25, 0.3) is 21.6 Å². The average molecular weight is 496 g/mol. The van der Waals surface area contributed by atoms with E-state index in [2.05, 4.69) is 0 Å². The molecule has 0 aliphatic carbocycles.